The SMILES string of the molecule is C=CC(=O)N1CCC(C)C1.N/C(=C\c1c(Br)c[nH]c1N)c1ccccc1O. The van der Waals surface area contributed by atoms with Crippen molar-refractivity contribution in [3.63, 3.8) is 0 Å². The van der Waals surface area contributed by atoms with Gasteiger partial charge in [-0.1, -0.05) is 25.6 Å². The van der Waals surface area contributed by atoms with Crippen molar-refractivity contribution in [3.8, 4) is 5.75 Å². The number of hydrogen-bond donors (Lipinski definition) is 4. The number of anilines is 1. The topological polar surface area (TPSA) is 108 Å². The first kappa shape index (κ1) is 20.6. The highest BCUT2D eigenvalue weighted by Gasteiger charge is 2.20. The van der Waals surface area contributed by atoms with Crippen LogP contribution in [0.2, 0.25) is 0 Å². The van der Waals surface area contributed by atoms with Gasteiger partial charge in [-0.3, -0.25) is 4.79 Å². The number of hydrogen-bond acceptors (Lipinski definition) is 4. The molecule has 1 aromatic heterocycles. The summed E-state index contributed by atoms with van der Waals surface area (Å²) >= 11 is 3.36. The third-order valence-corrected chi connectivity index (χ3v) is 4.98. The summed E-state index contributed by atoms with van der Waals surface area (Å²) in [6.07, 6.45) is 5.97. The van der Waals surface area contributed by atoms with E-state index in [1.54, 1.807) is 30.5 Å². The van der Waals surface area contributed by atoms with Crippen LogP contribution in [0.3, 0.4) is 0 Å². The lowest BCUT2D eigenvalue weighted by atomic mass is 10.1. The number of amides is 1. The number of aromatic nitrogens is 1. The van der Waals surface area contributed by atoms with Crippen LogP contribution in [0, 0.1) is 5.92 Å². The van der Waals surface area contributed by atoms with E-state index in [1.165, 1.54) is 6.08 Å². The zero-order valence-corrected chi connectivity index (χ0v) is 16.9. The lowest BCUT2D eigenvalue weighted by molar-refractivity contribution is -0.125. The fourth-order valence-corrected chi connectivity index (χ4v) is 3.23. The highest BCUT2D eigenvalue weighted by atomic mass is 79.9. The quantitative estimate of drug-likeness (QED) is 0.555. The Balaban J connectivity index is 0.000000223. The number of benzene rings is 1. The van der Waals surface area contributed by atoms with Crippen molar-refractivity contribution in [1.82, 2.24) is 9.88 Å². The monoisotopic (exact) mass is 432 g/mol. The van der Waals surface area contributed by atoms with Crippen LogP contribution in [0.1, 0.15) is 24.5 Å². The van der Waals surface area contributed by atoms with Gasteiger partial charge in [-0.05, 0) is 52.6 Å². The molecule has 0 bridgehead atoms. The Bertz CT molecular complexity index is 825. The molecule has 1 aliphatic rings. The molecule has 0 radical (unpaired) electrons. The van der Waals surface area contributed by atoms with Crippen molar-refractivity contribution < 1.29 is 9.90 Å². The van der Waals surface area contributed by atoms with E-state index in [0.29, 0.717) is 23.0 Å². The molecule has 3 rings (SSSR count). The Morgan fingerprint density at radius 3 is 2.67 bits per heavy atom. The molecule has 1 aromatic carbocycles. The van der Waals surface area contributed by atoms with E-state index in [-0.39, 0.29) is 11.7 Å². The van der Waals surface area contributed by atoms with Crippen molar-refractivity contribution >= 4 is 39.4 Å². The van der Waals surface area contributed by atoms with E-state index in [9.17, 15) is 9.90 Å². The van der Waals surface area contributed by atoms with Crippen LogP contribution in [0.5, 0.6) is 5.75 Å². The Kier molecular flexibility index (Phi) is 7.12. The number of nitrogens with two attached hydrogens (primary N) is 2. The molecule has 0 spiro atoms. The molecule has 7 heteroatoms. The van der Waals surface area contributed by atoms with E-state index in [1.807, 2.05) is 11.0 Å². The second-order valence-electron chi connectivity index (χ2n) is 6.46. The van der Waals surface area contributed by atoms with Crippen LogP contribution in [-0.4, -0.2) is 34.0 Å². The maximum Gasteiger partial charge on any atom is 0.245 e. The van der Waals surface area contributed by atoms with Crippen molar-refractivity contribution in [2.75, 3.05) is 18.8 Å². The number of aromatic hydroxyl groups is 1. The minimum absolute atomic E-state index is 0.0735. The second kappa shape index (κ2) is 9.32. The minimum atomic E-state index is 0.0735. The molecule has 1 fully saturated rings. The number of carbonyl (C=O) groups excluding carboxylic acids is 1. The molecule has 1 amide bonds. The number of nitrogens with zero attached hydrogens (tertiary/aromatic N) is 1. The highest BCUT2D eigenvalue weighted by Crippen LogP contribution is 2.28. The van der Waals surface area contributed by atoms with Crippen molar-refractivity contribution in [1.29, 1.82) is 0 Å². The van der Waals surface area contributed by atoms with Gasteiger partial charge in [0.2, 0.25) is 5.91 Å². The summed E-state index contributed by atoms with van der Waals surface area (Å²) in [5, 5.41) is 9.68. The fourth-order valence-electron chi connectivity index (χ4n) is 2.79. The lowest BCUT2D eigenvalue weighted by Crippen LogP contribution is -2.26. The van der Waals surface area contributed by atoms with Gasteiger partial charge < -0.3 is 26.5 Å². The number of halogens is 1. The van der Waals surface area contributed by atoms with E-state index in [2.05, 4.69) is 34.4 Å². The Hall–Kier alpha value is -2.67. The summed E-state index contributed by atoms with van der Waals surface area (Å²) in [6.45, 7) is 7.42. The van der Waals surface area contributed by atoms with Crippen LogP contribution in [-0.2, 0) is 4.79 Å². The van der Waals surface area contributed by atoms with Crippen LogP contribution >= 0.6 is 15.9 Å². The summed E-state index contributed by atoms with van der Waals surface area (Å²) in [4.78, 5) is 15.7. The Morgan fingerprint density at radius 1 is 1.44 bits per heavy atom. The second-order valence-corrected chi connectivity index (χ2v) is 7.32. The molecule has 1 unspecified atom stereocenters. The number of rotatable bonds is 3. The van der Waals surface area contributed by atoms with Crippen LogP contribution in [0.15, 0.2) is 47.6 Å². The molecule has 2 aromatic rings. The van der Waals surface area contributed by atoms with E-state index >= 15 is 0 Å². The van der Waals surface area contributed by atoms with E-state index < -0.39 is 0 Å². The number of phenolic OH excluding ortho intramolecular Hbond substituents is 1. The van der Waals surface area contributed by atoms with Crippen LogP contribution in [0.25, 0.3) is 11.8 Å². The molecule has 144 valence electrons. The molecule has 1 aliphatic heterocycles. The zero-order chi connectivity index (χ0) is 20.0. The zero-order valence-electron chi connectivity index (χ0n) is 15.3. The standard InChI is InChI=1S/C12H12BrN3O.C8H13NO/c13-9-6-16-12(15)8(9)5-10(14)7-3-1-2-4-11(7)17;1-3-8(10)9-5-4-7(2)6-9/h1-6,16-17H,14-15H2;3,7H,1,4-6H2,2H3/b10-5-;. The van der Waals surface area contributed by atoms with Gasteiger partial charge in [0, 0.05) is 40.6 Å². The number of nitrogen functional groups attached to an aromatic ring is 1. The maximum atomic E-state index is 11.0. The predicted molar refractivity (Wildman–Crippen MR) is 114 cm³/mol. The van der Waals surface area contributed by atoms with Gasteiger partial charge >= 0.3 is 0 Å². The molecule has 0 aliphatic carbocycles. The number of carbonyl (C=O) groups is 1. The van der Waals surface area contributed by atoms with Gasteiger partial charge in [-0.2, -0.15) is 0 Å². The summed E-state index contributed by atoms with van der Waals surface area (Å²) in [7, 11) is 0. The summed E-state index contributed by atoms with van der Waals surface area (Å²) in [5.41, 5.74) is 13.5. The van der Waals surface area contributed by atoms with Gasteiger partial charge in [0.25, 0.3) is 0 Å². The minimum Gasteiger partial charge on any atom is -0.507 e. The maximum absolute atomic E-state index is 11.0. The number of phenols is 1. The van der Waals surface area contributed by atoms with Gasteiger partial charge in [0.05, 0.1) is 0 Å². The van der Waals surface area contributed by atoms with Gasteiger partial charge in [-0.15, -0.1) is 0 Å². The number of nitrogens with one attached hydrogen (secondary N) is 1. The fraction of sp³-hybridized carbons (Fsp3) is 0.250. The lowest BCUT2D eigenvalue weighted by Gasteiger charge is -2.11. The normalized spacial score (nSPS) is 16.6. The summed E-state index contributed by atoms with van der Waals surface area (Å²) in [5.74, 6) is 1.41. The first-order valence-electron chi connectivity index (χ1n) is 8.62. The Morgan fingerprint density at radius 2 is 2.15 bits per heavy atom. The predicted octanol–water partition coefficient (Wildman–Crippen LogP) is 3.56. The average molecular weight is 433 g/mol. The molecule has 1 atom stereocenters. The van der Waals surface area contributed by atoms with E-state index in [4.69, 9.17) is 11.5 Å². The number of aromatic amines is 1. The molecule has 1 saturated heterocycles. The number of para-hydroxylation sites is 1. The molecule has 0 saturated carbocycles. The average Bonchev–Trinajstić information content (AvgIpc) is 3.22. The Labute approximate surface area is 167 Å². The van der Waals surface area contributed by atoms with Crippen LogP contribution < -0.4 is 11.5 Å². The smallest absolute Gasteiger partial charge is 0.245 e. The van der Waals surface area contributed by atoms with Gasteiger partial charge in [0.15, 0.2) is 0 Å². The largest absolute Gasteiger partial charge is 0.507 e. The molecule has 6 nitrogen and oxygen atoms in total. The summed E-state index contributed by atoms with van der Waals surface area (Å²) < 4.78 is 0.827. The molecular formula is C20H25BrN4O2. The van der Waals surface area contributed by atoms with Gasteiger partial charge in [-0.25, -0.2) is 0 Å². The van der Waals surface area contributed by atoms with Crippen molar-refractivity contribution in [2.45, 2.75) is 13.3 Å². The number of likely N-dealkylation sites (tertiary alicyclic amines) is 1. The van der Waals surface area contributed by atoms with Crippen LogP contribution in [0.4, 0.5) is 5.82 Å². The molecular weight excluding hydrogens is 408 g/mol. The van der Waals surface area contributed by atoms with Crippen molar-refractivity contribution in [3.05, 3.63) is 58.7 Å². The third kappa shape index (κ3) is 5.40. The highest BCUT2D eigenvalue weighted by molar-refractivity contribution is 9.10. The molecule has 2 heterocycles. The number of H-pyrrole nitrogens is 1. The molecule has 27 heavy (non-hydrogen) atoms. The van der Waals surface area contributed by atoms with Gasteiger partial charge in [0.1, 0.15) is 11.6 Å². The first-order valence-corrected chi connectivity index (χ1v) is 9.42. The van der Waals surface area contributed by atoms with Crippen molar-refractivity contribution in [2.24, 2.45) is 11.7 Å². The first-order chi connectivity index (χ1) is 12.8. The summed E-state index contributed by atoms with van der Waals surface area (Å²) in [6, 6.07) is 6.89. The molecule has 6 N–H and O–H groups in total. The van der Waals surface area contributed by atoms with E-state index in [0.717, 1.165) is 29.5 Å². The third-order valence-electron chi connectivity index (χ3n) is 4.33.